The van der Waals surface area contributed by atoms with E-state index in [1.165, 1.54) is 20.4 Å². The van der Waals surface area contributed by atoms with Crippen LogP contribution in [-0.4, -0.2) is 29.3 Å². The lowest BCUT2D eigenvalue weighted by Crippen LogP contribution is -2.08. The van der Waals surface area contributed by atoms with Crippen molar-refractivity contribution < 1.29 is 14.6 Å². The minimum Gasteiger partial charge on any atom is -0.480 e. The molecule has 1 heterocycles. The fourth-order valence-corrected chi connectivity index (χ4v) is 2.29. The molecule has 7 heteroatoms. The van der Waals surface area contributed by atoms with Gasteiger partial charge in [-0.1, -0.05) is 23.7 Å². The third-order valence-electron chi connectivity index (χ3n) is 2.68. The second-order valence-corrected chi connectivity index (χ2v) is 5.08. The molecule has 0 spiro atoms. The highest BCUT2D eigenvalue weighted by molar-refractivity contribution is 9.10. The molecule has 0 fully saturated rings. The van der Waals surface area contributed by atoms with Crippen molar-refractivity contribution in [1.82, 2.24) is 9.97 Å². The molecule has 0 aliphatic rings. The molecule has 106 valence electrons. The van der Waals surface area contributed by atoms with E-state index in [2.05, 4.69) is 25.9 Å². The van der Waals surface area contributed by atoms with Crippen LogP contribution in [0.2, 0.25) is 5.02 Å². The van der Waals surface area contributed by atoms with E-state index >= 15 is 0 Å². The van der Waals surface area contributed by atoms with E-state index in [0.717, 1.165) is 0 Å². The first-order valence-electron chi connectivity index (χ1n) is 5.65. The van der Waals surface area contributed by atoms with E-state index in [0.29, 0.717) is 20.9 Å². The van der Waals surface area contributed by atoms with E-state index in [-0.39, 0.29) is 11.6 Å². The van der Waals surface area contributed by atoms with Crippen molar-refractivity contribution >= 4 is 27.5 Å². The van der Waals surface area contributed by atoms with Crippen LogP contribution in [-0.2, 0) is 0 Å². The number of benzene rings is 1. The number of rotatable bonds is 4. The third kappa shape index (κ3) is 2.87. The first-order valence-corrected chi connectivity index (χ1v) is 6.82. The number of nitrogens with zero attached hydrogens (tertiary/aromatic N) is 2. The number of aromatic nitrogens is 2. The maximum absolute atomic E-state index is 10.4. The van der Waals surface area contributed by atoms with Crippen LogP contribution in [0.3, 0.4) is 0 Å². The first kappa shape index (κ1) is 15.0. The van der Waals surface area contributed by atoms with E-state index in [4.69, 9.17) is 21.1 Å². The van der Waals surface area contributed by atoms with Crippen molar-refractivity contribution in [2.24, 2.45) is 0 Å². The van der Waals surface area contributed by atoms with Crippen molar-refractivity contribution in [1.29, 1.82) is 0 Å². The maximum atomic E-state index is 10.4. The number of hydrogen-bond donors (Lipinski definition) is 1. The lowest BCUT2D eigenvalue weighted by molar-refractivity contribution is 0.206. The highest BCUT2D eigenvalue weighted by Crippen LogP contribution is 2.35. The van der Waals surface area contributed by atoms with E-state index in [1.807, 2.05) is 0 Å². The van der Waals surface area contributed by atoms with Crippen molar-refractivity contribution in [3.8, 4) is 11.8 Å². The van der Waals surface area contributed by atoms with Gasteiger partial charge in [0.2, 0.25) is 11.8 Å². The summed E-state index contributed by atoms with van der Waals surface area (Å²) in [6.07, 6.45) is 0.362. The average molecular weight is 360 g/mol. The van der Waals surface area contributed by atoms with Crippen molar-refractivity contribution in [2.75, 3.05) is 14.2 Å². The van der Waals surface area contributed by atoms with Crippen LogP contribution in [0.1, 0.15) is 17.4 Å². The fraction of sp³-hybridized carbons (Fsp3) is 0.231. The molecule has 0 aliphatic heterocycles. The van der Waals surface area contributed by atoms with Gasteiger partial charge in [0.05, 0.1) is 25.4 Å². The van der Waals surface area contributed by atoms with Gasteiger partial charge < -0.3 is 14.6 Å². The largest absolute Gasteiger partial charge is 0.480 e. The Bertz CT molecular complexity index is 625. The molecule has 2 aromatic rings. The second kappa shape index (κ2) is 6.39. The maximum Gasteiger partial charge on any atom is 0.241 e. The van der Waals surface area contributed by atoms with Gasteiger partial charge in [-0.3, -0.25) is 0 Å². The van der Waals surface area contributed by atoms with Gasteiger partial charge in [-0.2, -0.15) is 4.98 Å². The smallest absolute Gasteiger partial charge is 0.241 e. The van der Waals surface area contributed by atoms with Crippen molar-refractivity contribution in [3.63, 3.8) is 0 Å². The van der Waals surface area contributed by atoms with E-state index in [9.17, 15) is 5.11 Å². The number of hydrogen-bond acceptors (Lipinski definition) is 5. The highest BCUT2D eigenvalue weighted by atomic mass is 79.9. The Hall–Kier alpha value is -1.37. The van der Waals surface area contributed by atoms with Gasteiger partial charge >= 0.3 is 0 Å². The molecule has 5 nitrogen and oxygen atoms in total. The molecule has 1 N–H and O–H groups in total. The minimum absolute atomic E-state index is 0.188. The molecule has 1 atom stereocenters. The second-order valence-electron chi connectivity index (χ2n) is 3.85. The van der Waals surface area contributed by atoms with Gasteiger partial charge in [0.25, 0.3) is 0 Å². The summed E-state index contributed by atoms with van der Waals surface area (Å²) in [4.78, 5) is 8.22. The molecule has 0 radical (unpaired) electrons. The van der Waals surface area contributed by atoms with Crippen LogP contribution < -0.4 is 9.47 Å². The van der Waals surface area contributed by atoms with E-state index < -0.39 is 6.10 Å². The third-order valence-corrected chi connectivity index (χ3v) is 3.99. The predicted molar refractivity (Wildman–Crippen MR) is 78.3 cm³/mol. The Balaban J connectivity index is 2.47. The topological polar surface area (TPSA) is 64.5 Å². The molecular formula is C13H12BrClN2O3. The average Bonchev–Trinajstić information content (AvgIpc) is 2.48. The van der Waals surface area contributed by atoms with Crippen LogP contribution in [0, 0.1) is 0 Å². The van der Waals surface area contributed by atoms with Crippen LogP contribution in [0.15, 0.2) is 28.9 Å². The molecule has 20 heavy (non-hydrogen) atoms. The SMILES string of the molecule is COc1cnc(C(O)c2cccc(Br)c2Cl)c(OC)n1. The van der Waals surface area contributed by atoms with Gasteiger partial charge in [0.1, 0.15) is 11.8 Å². The molecule has 0 saturated heterocycles. The minimum atomic E-state index is -1.05. The zero-order valence-corrected chi connectivity index (χ0v) is 13.1. The fourth-order valence-electron chi connectivity index (χ4n) is 1.68. The number of aliphatic hydroxyl groups excluding tert-OH is 1. The Morgan fingerprint density at radius 2 is 2.05 bits per heavy atom. The normalized spacial score (nSPS) is 12.1. The standard InChI is InChI=1S/C13H12BrClN2O3/c1-19-9-6-16-11(13(17-9)20-2)12(18)7-4-3-5-8(14)10(7)15/h3-6,12,18H,1-2H3. The van der Waals surface area contributed by atoms with E-state index in [1.54, 1.807) is 18.2 Å². The lowest BCUT2D eigenvalue weighted by atomic mass is 10.1. The molecular weight excluding hydrogens is 348 g/mol. The number of ether oxygens (including phenoxy) is 2. The van der Waals surface area contributed by atoms with Gasteiger partial charge in [0.15, 0.2) is 0 Å². The van der Waals surface area contributed by atoms with Gasteiger partial charge in [-0.15, -0.1) is 0 Å². The van der Waals surface area contributed by atoms with Crippen LogP contribution in [0.5, 0.6) is 11.8 Å². The molecule has 0 aliphatic carbocycles. The number of halogens is 2. The molecule has 0 saturated carbocycles. The molecule has 1 unspecified atom stereocenters. The van der Waals surface area contributed by atoms with Gasteiger partial charge in [-0.25, -0.2) is 4.98 Å². The van der Waals surface area contributed by atoms with Gasteiger partial charge in [-0.05, 0) is 22.0 Å². The number of aliphatic hydroxyl groups is 1. The molecule has 2 rings (SSSR count). The monoisotopic (exact) mass is 358 g/mol. The van der Waals surface area contributed by atoms with Gasteiger partial charge in [0, 0.05) is 10.0 Å². The predicted octanol–water partition coefficient (Wildman–Crippen LogP) is 2.99. The summed E-state index contributed by atoms with van der Waals surface area (Å²) in [5, 5.41) is 10.9. The summed E-state index contributed by atoms with van der Waals surface area (Å²) in [5.41, 5.74) is 0.784. The highest BCUT2D eigenvalue weighted by Gasteiger charge is 2.22. The lowest BCUT2D eigenvalue weighted by Gasteiger charge is -2.15. The number of methoxy groups -OCH3 is 2. The Kier molecular flexibility index (Phi) is 4.80. The molecule has 1 aromatic carbocycles. The van der Waals surface area contributed by atoms with Crippen molar-refractivity contribution in [3.05, 3.63) is 45.1 Å². The summed E-state index contributed by atoms with van der Waals surface area (Å²) < 4.78 is 10.8. The van der Waals surface area contributed by atoms with Crippen molar-refractivity contribution in [2.45, 2.75) is 6.10 Å². The zero-order chi connectivity index (χ0) is 14.7. The summed E-state index contributed by atoms with van der Waals surface area (Å²) in [5.74, 6) is 0.492. The van der Waals surface area contributed by atoms with Crippen LogP contribution in [0.25, 0.3) is 0 Å². The Labute approximate surface area is 129 Å². The van der Waals surface area contributed by atoms with Crippen LogP contribution >= 0.6 is 27.5 Å². The molecule has 0 amide bonds. The summed E-state index contributed by atoms with van der Waals surface area (Å²) >= 11 is 9.49. The summed E-state index contributed by atoms with van der Waals surface area (Å²) in [6.45, 7) is 0. The Morgan fingerprint density at radius 3 is 2.70 bits per heavy atom. The van der Waals surface area contributed by atoms with Crippen LogP contribution in [0.4, 0.5) is 0 Å². The summed E-state index contributed by atoms with van der Waals surface area (Å²) in [6, 6.07) is 5.27. The quantitative estimate of drug-likeness (QED) is 0.909. The molecule has 0 bridgehead atoms. The molecule has 1 aromatic heterocycles. The summed E-state index contributed by atoms with van der Waals surface area (Å²) in [7, 11) is 2.92. The Morgan fingerprint density at radius 1 is 1.30 bits per heavy atom. The zero-order valence-electron chi connectivity index (χ0n) is 10.8. The first-order chi connectivity index (χ1) is 9.58.